The highest BCUT2D eigenvalue weighted by atomic mass is 16.6. The molecule has 0 aliphatic heterocycles. The SMILES string of the molecule is CCCCCCOC(=O)[C@H](Cc1ccccc1)NC(=O)OCC. The predicted octanol–water partition coefficient (Wildman–Crippen LogP) is 3.47. The highest BCUT2D eigenvalue weighted by molar-refractivity contribution is 5.81. The minimum Gasteiger partial charge on any atom is -0.464 e. The third-order valence-corrected chi connectivity index (χ3v) is 3.38. The van der Waals surface area contributed by atoms with E-state index in [2.05, 4.69) is 12.2 Å². The zero-order chi connectivity index (χ0) is 16.9. The average Bonchev–Trinajstić information content (AvgIpc) is 2.55. The number of amides is 1. The second-order valence-corrected chi connectivity index (χ2v) is 5.34. The molecule has 0 spiro atoms. The smallest absolute Gasteiger partial charge is 0.407 e. The molecule has 0 bridgehead atoms. The van der Waals surface area contributed by atoms with Gasteiger partial charge in [-0.05, 0) is 18.9 Å². The molecule has 0 aliphatic carbocycles. The number of esters is 1. The van der Waals surface area contributed by atoms with Gasteiger partial charge in [0.2, 0.25) is 0 Å². The number of nitrogens with one attached hydrogen (secondary N) is 1. The first-order chi connectivity index (χ1) is 11.2. The summed E-state index contributed by atoms with van der Waals surface area (Å²) in [5, 5.41) is 2.58. The number of unbranched alkanes of at least 4 members (excludes halogenated alkanes) is 3. The second-order valence-electron chi connectivity index (χ2n) is 5.34. The fraction of sp³-hybridized carbons (Fsp3) is 0.556. The molecule has 23 heavy (non-hydrogen) atoms. The van der Waals surface area contributed by atoms with Crippen molar-refractivity contribution < 1.29 is 19.1 Å². The maximum Gasteiger partial charge on any atom is 0.407 e. The van der Waals surface area contributed by atoms with E-state index in [4.69, 9.17) is 9.47 Å². The lowest BCUT2D eigenvalue weighted by atomic mass is 10.1. The van der Waals surface area contributed by atoms with Crippen molar-refractivity contribution in [2.75, 3.05) is 13.2 Å². The molecule has 0 unspecified atom stereocenters. The van der Waals surface area contributed by atoms with E-state index in [9.17, 15) is 9.59 Å². The van der Waals surface area contributed by atoms with Crippen molar-refractivity contribution in [3.05, 3.63) is 35.9 Å². The fourth-order valence-electron chi connectivity index (χ4n) is 2.16. The summed E-state index contributed by atoms with van der Waals surface area (Å²) in [6.07, 6.45) is 3.93. The van der Waals surface area contributed by atoms with E-state index in [-0.39, 0.29) is 6.61 Å². The van der Waals surface area contributed by atoms with Crippen LogP contribution in [0.15, 0.2) is 30.3 Å². The lowest BCUT2D eigenvalue weighted by Gasteiger charge is -2.17. The van der Waals surface area contributed by atoms with Crippen LogP contribution in [0.3, 0.4) is 0 Å². The monoisotopic (exact) mass is 321 g/mol. The highest BCUT2D eigenvalue weighted by Gasteiger charge is 2.23. The molecule has 0 saturated heterocycles. The van der Waals surface area contributed by atoms with Crippen LogP contribution in [-0.4, -0.2) is 31.3 Å². The van der Waals surface area contributed by atoms with Gasteiger partial charge in [0.15, 0.2) is 0 Å². The molecule has 0 fully saturated rings. The van der Waals surface area contributed by atoms with Gasteiger partial charge in [0.05, 0.1) is 13.2 Å². The van der Waals surface area contributed by atoms with Crippen molar-refractivity contribution in [2.45, 2.75) is 52.0 Å². The molecule has 5 nitrogen and oxygen atoms in total. The minimum atomic E-state index is -0.734. The third kappa shape index (κ3) is 8.24. The van der Waals surface area contributed by atoms with Crippen LogP contribution in [-0.2, 0) is 20.7 Å². The normalized spacial score (nSPS) is 11.6. The first-order valence-electron chi connectivity index (χ1n) is 8.31. The Labute approximate surface area is 138 Å². The molecule has 1 N–H and O–H groups in total. The van der Waals surface area contributed by atoms with Crippen LogP contribution in [0.2, 0.25) is 0 Å². The molecule has 128 valence electrons. The Morgan fingerprint density at radius 2 is 1.78 bits per heavy atom. The summed E-state index contributed by atoms with van der Waals surface area (Å²) < 4.78 is 10.2. The topological polar surface area (TPSA) is 64.6 Å². The maximum absolute atomic E-state index is 12.2. The van der Waals surface area contributed by atoms with E-state index in [1.54, 1.807) is 6.92 Å². The highest BCUT2D eigenvalue weighted by Crippen LogP contribution is 2.06. The van der Waals surface area contributed by atoms with Crippen molar-refractivity contribution in [3.8, 4) is 0 Å². The van der Waals surface area contributed by atoms with E-state index >= 15 is 0 Å². The summed E-state index contributed by atoms with van der Waals surface area (Å²) in [5.74, 6) is -0.418. The Balaban J connectivity index is 2.55. The number of hydrogen-bond acceptors (Lipinski definition) is 4. The van der Waals surface area contributed by atoms with Crippen LogP contribution in [0.5, 0.6) is 0 Å². The Morgan fingerprint density at radius 1 is 1.04 bits per heavy atom. The van der Waals surface area contributed by atoms with Gasteiger partial charge in [-0.25, -0.2) is 9.59 Å². The molecule has 0 aromatic heterocycles. The van der Waals surface area contributed by atoms with Gasteiger partial charge >= 0.3 is 12.1 Å². The van der Waals surface area contributed by atoms with Gasteiger partial charge in [-0.3, -0.25) is 0 Å². The van der Waals surface area contributed by atoms with Gasteiger partial charge in [0.1, 0.15) is 6.04 Å². The Kier molecular flexibility index (Phi) is 9.52. The molecule has 1 aromatic carbocycles. The van der Waals surface area contributed by atoms with Crippen molar-refractivity contribution in [2.24, 2.45) is 0 Å². The summed E-state index contributed by atoms with van der Waals surface area (Å²) in [7, 11) is 0. The van der Waals surface area contributed by atoms with Crippen LogP contribution in [0.25, 0.3) is 0 Å². The second kappa shape index (κ2) is 11.5. The number of carbonyl (C=O) groups excluding carboxylic acids is 2. The minimum absolute atomic E-state index is 0.260. The summed E-state index contributed by atoms with van der Waals surface area (Å²) in [4.78, 5) is 23.8. The Hall–Kier alpha value is -2.04. The number of rotatable bonds is 10. The van der Waals surface area contributed by atoms with Crippen molar-refractivity contribution in [1.29, 1.82) is 0 Å². The Morgan fingerprint density at radius 3 is 2.43 bits per heavy atom. The number of alkyl carbamates (subject to hydrolysis) is 1. The number of benzene rings is 1. The van der Waals surface area contributed by atoms with Crippen LogP contribution in [0.1, 0.15) is 45.1 Å². The number of carbonyl (C=O) groups is 2. The Bertz CT molecular complexity index is 461. The largest absolute Gasteiger partial charge is 0.464 e. The average molecular weight is 321 g/mol. The van der Waals surface area contributed by atoms with Gasteiger partial charge in [-0.2, -0.15) is 0 Å². The molecule has 0 heterocycles. The molecule has 1 atom stereocenters. The first kappa shape index (κ1) is 19.0. The molecule has 0 radical (unpaired) electrons. The summed E-state index contributed by atoms with van der Waals surface area (Å²) in [5.41, 5.74) is 0.956. The van der Waals surface area contributed by atoms with Gasteiger partial charge < -0.3 is 14.8 Å². The van der Waals surface area contributed by atoms with Crippen molar-refractivity contribution in [3.63, 3.8) is 0 Å². The van der Waals surface area contributed by atoms with E-state index < -0.39 is 18.1 Å². The number of ether oxygens (including phenoxy) is 2. The van der Waals surface area contributed by atoms with E-state index in [1.807, 2.05) is 30.3 Å². The molecule has 0 saturated carbocycles. The van der Waals surface area contributed by atoms with Gasteiger partial charge in [-0.15, -0.1) is 0 Å². The summed E-state index contributed by atoms with van der Waals surface area (Å²) in [6.45, 7) is 4.49. The molecule has 5 heteroatoms. The van der Waals surface area contributed by atoms with Gasteiger partial charge in [0.25, 0.3) is 0 Å². The lowest BCUT2D eigenvalue weighted by Crippen LogP contribution is -2.43. The zero-order valence-corrected chi connectivity index (χ0v) is 14.0. The van der Waals surface area contributed by atoms with Crippen LogP contribution < -0.4 is 5.32 Å². The van der Waals surface area contributed by atoms with Gasteiger partial charge in [0, 0.05) is 6.42 Å². The molecule has 0 aliphatic rings. The number of hydrogen-bond donors (Lipinski definition) is 1. The predicted molar refractivity (Wildman–Crippen MR) is 89.2 cm³/mol. The van der Waals surface area contributed by atoms with Crippen molar-refractivity contribution >= 4 is 12.1 Å². The maximum atomic E-state index is 12.2. The summed E-state index contributed by atoms with van der Waals surface area (Å²) >= 11 is 0. The molecular formula is C18H27NO4. The first-order valence-corrected chi connectivity index (χ1v) is 8.31. The molecule has 1 rings (SSSR count). The van der Waals surface area contributed by atoms with E-state index in [0.717, 1.165) is 31.2 Å². The van der Waals surface area contributed by atoms with Crippen molar-refractivity contribution in [1.82, 2.24) is 5.32 Å². The fourth-order valence-corrected chi connectivity index (χ4v) is 2.16. The van der Waals surface area contributed by atoms with Crippen LogP contribution in [0.4, 0.5) is 4.79 Å². The van der Waals surface area contributed by atoms with Crippen LogP contribution >= 0.6 is 0 Å². The van der Waals surface area contributed by atoms with Gasteiger partial charge in [-0.1, -0.05) is 56.5 Å². The molecule has 1 amide bonds. The lowest BCUT2D eigenvalue weighted by molar-refractivity contribution is -0.146. The van der Waals surface area contributed by atoms with E-state index in [1.165, 1.54) is 0 Å². The molecular weight excluding hydrogens is 294 g/mol. The zero-order valence-electron chi connectivity index (χ0n) is 14.0. The quantitative estimate of drug-likeness (QED) is 0.529. The third-order valence-electron chi connectivity index (χ3n) is 3.38. The van der Waals surface area contributed by atoms with Crippen LogP contribution in [0, 0.1) is 0 Å². The standard InChI is InChI=1S/C18H27NO4/c1-3-5-6-10-13-23-17(20)16(19-18(21)22-4-2)14-15-11-8-7-9-12-15/h7-9,11-12,16H,3-6,10,13-14H2,1-2H3,(H,19,21)/t16-/m0/s1. The van der Waals surface area contributed by atoms with E-state index in [0.29, 0.717) is 13.0 Å². The molecule has 1 aromatic rings. The summed E-state index contributed by atoms with van der Waals surface area (Å²) in [6, 6.07) is 8.79.